The van der Waals surface area contributed by atoms with E-state index >= 15 is 0 Å². The first kappa shape index (κ1) is 6.72. The summed E-state index contributed by atoms with van der Waals surface area (Å²) in [5, 5.41) is 10.6. The Hall–Kier alpha value is -0.970. The number of hydrazone groups is 1. The minimum Gasteiger partial charge on any atom is -0.354 e. The molecule has 2 heterocycles. The average molecular weight is 169 g/mol. The Labute approximate surface area is 68.2 Å². The van der Waals surface area contributed by atoms with Gasteiger partial charge in [0.15, 0.2) is 10.8 Å². The summed E-state index contributed by atoms with van der Waals surface area (Å²) in [5.74, 6) is 1.63. The fraction of sp³-hybridized carbons (Fsp3) is 0.333. The topological polar surface area (TPSA) is 41.6 Å². The van der Waals surface area contributed by atoms with E-state index in [4.69, 9.17) is 4.52 Å². The van der Waals surface area contributed by atoms with E-state index in [2.05, 4.69) is 10.3 Å². The van der Waals surface area contributed by atoms with Crippen molar-refractivity contribution in [3.05, 3.63) is 18.0 Å². The molecular formula is C6H7N3OS. The Morgan fingerprint density at radius 3 is 3.18 bits per heavy atom. The summed E-state index contributed by atoms with van der Waals surface area (Å²) in [5.41, 5.74) is 0. The van der Waals surface area contributed by atoms with Gasteiger partial charge in [-0.15, -0.1) is 0 Å². The van der Waals surface area contributed by atoms with Crippen LogP contribution in [0, 0.1) is 0 Å². The zero-order valence-electron chi connectivity index (χ0n) is 6.02. The van der Waals surface area contributed by atoms with E-state index in [9.17, 15) is 0 Å². The fourth-order valence-electron chi connectivity index (χ4n) is 0.814. The first-order chi connectivity index (χ1) is 5.36. The van der Waals surface area contributed by atoms with Crippen LogP contribution in [0.15, 0.2) is 21.9 Å². The maximum Gasteiger partial charge on any atom is 0.193 e. The third-order valence-electron chi connectivity index (χ3n) is 1.30. The van der Waals surface area contributed by atoms with Gasteiger partial charge >= 0.3 is 0 Å². The molecule has 1 aromatic rings. The van der Waals surface area contributed by atoms with Crippen LogP contribution >= 0.6 is 11.8 Å². The Morgan fingerprint density at radius 2 is 2.64 bits per heavy atom. The van der Waals surface area contributed by atoms with Crippen LogP contribution in [-0.4, -0.2) is 28.1 Å². The van der Waals surface area contributed by atoms with Crippen molar-refractivity contribution in [2.75, 3.05) is 12.9 Å². The monoisotopic (exact) mass is 169 g/mol. The minimum atomic E-state index is 0.749. The van der Waals surface area contributed by atoms with Crippen molar-refractivity contribution in [2.45, 2.75) is 0 Å². The minimum absolute atomic E-state index is 0.749. The molecule has 5 heteroatoms. The van der Waals surface area contributed by atoms with Gasteiger partial charge in [0, 0.05) is 13.1 Å². The molecule has 0 atom stereocenters. The van der Waals surface area contributed by atoms with Crippen molar-refractivity contribution in [2.24, 2.45) is 5.10 Å². The molecule has 0 aromatic carbocycles. The third-order valence-corrected chi connectivity index (χ3v) is 2.36. The van der Waals surface area contributed by atoms with E-state index in [0.717, 1.165) is 16.7 Å². The van der Waals surface area contributed by atoms with E-state index < -0.39 is 0 Å². The highest BCUT2D eigenvalue weighted by atomic mass is 32.2. The average Bonchev–Trinajstić information content (AvgIpc) is 2.55. The largest absolute Gasteiger partial charge is 0.354 e. The molecule has 0 amide bonds. The summed E-state index contributed by atoms with van der Waals surface area (Å²) in [6.07, 6.45) is 1.62. The van der Waals surface area contributed by atoms with Gasteiger partial charge in [0.2, 0.25) is 0 Å². The lowest BCUT2D eigenvalue weighted by atomic mass is 10.5. The normalized spacial score (nSPS) is 17.2. The molecule has 1 aromatic heterocycles. The van der Waals surface area contributed by atoms with Crippen LogP contribution in [0.1, 0.15) is 5.76 Å². The maximum absolute atomic E-state index is 4.94. The molecule has 0 aliphatic carbocycles. The number of nitrogens with zero attached hydrogens (tertiary/aromatic N) is 3. The molecule has 0 N–H and O–H groups in total. The Balaban J connectivity index is 2.25. The van der Waals surface area contributed by atoms with Crippen molar-refractivity contribution >= 4 is 16.8 Å². The predicted octanol–water partition coefficient (Wildman–Crippen LogP) is 0.972. The van der Waals surface area contributed by atoms with Crippen molar-refractivity contribution in [1.82, 2.24) is 10.2 Å². The van der Waals surface area contributed by atoms with E-state index in [0.29, 0.717) is 0 Å². The van der Waals surface area contributed by atoms with E-state index in [-0.39, 0.29) is 0 Å². The van der Waals surface area contributed by atoms with Crippen molar-refractivity contribution in [3.63, 3.8) is 0 Å². The molecule has 0 saturated heterocycles. The van der Waals surface area contributed by atoms with Gasteiger partial charge in [-0.1, -0.05) is 16.9 Å². The first-order valence-electron chi connectivity index (χ1n) is 3.20. The molecule has 0 bridgehead atoms. The Kier molecular flexibility index (Phi) is 1.58. The van der Waals surface area contributed by atoms with Gasteiger partial charge in [-0.25, -0.2) is 0 Å². The lowest BCUT2D eigenvalue weighted by Crippen LogP contribution is -2.02. The van der Waals surface area contributed by atoms with Gasteiger partial charge in [-0.3, -0.25) is 5.01 Å². The molecule has 0 fully saturated rings. The summed E-state index contributed by atoms with van der Waals surface area (Å²) in [7, 11) is 1.93. The summed E-state index contributed by atoms with van der Waals surface area (Å²) in [4.78, 5) is 0. The number of aromatic nitrogens is 1. The van der Waals surface area contributed by atoms with Crippen LogP contribution in [0.5, 0.6) is 0 Å². The molecule has 0 radical (unpaired) electrons. The van der Waals surface area contributed by atoms with Crippen molar-refractivity contribution < 1.29 is 4.52 Å². The van der Waals surface area contributed by atoms with Gasteiger partial charge < -0.3 is 4.52 Å². The molecule has 4 nitrogen and oxygen atoms in total. The molecule has 1 aliphatic heterocycles. The molecule has 2 rings (SSSR count). The summed E-state index contributed by atoms with van der Waals surface area (Å²) < 4.78 is 4.94. The van der Waals surface area contributed by atoms with E-state index in [1.54, 1.807) is 18.0 Å². The molecule has 58 valence electrons. The van der Waals surface area contributed by atoms with Crippen LogP contribution < -0.4 is 0 Å². The van der Waals surface area contributed by atoms with E-state index in [1.165, 1.54) is 0 Å². The predicted molar refractivity (Wildman–Crippen MR) is 43.3 cm³/mol. The second kappa shape index (κ2) is 2.58. The van der Waals surface area contributed by atoms with Crippen LogP contribution in [-0.2, 0) is 0 Å². The van der Waals surface area contributed by atoms with Crippen LogP contribution in [0.3, 0.4) is 0 Å². The molecule has 11 heavy (non-hydrogen) atoms. The van der Waals surface area contributed by atoms with Gasteiger partial charge in [-0.2, -0.15) is 5.10 Å². The second-order valence-corrected chi connectivity index (χ2v) is 3.15. The van der Waals surface area contributed by atoms with Gasteiger partial charge in [-0.05, 0) is 0 Å². The van der Waals surface area contributed by atoms with Gasteiger partial charge in [0.05, 0.1) is 12.1 Å². The summed E-state index contributed by atoms with van der Waals surface area (Å²) in [6.45, 7) is 0. The van der Waals surface area contributed by atoms with E-state index in [1.807, 2.05) is 18.1 Å². The van der Waals surface area contributed by atoms with Crippen molar-refractivity contribution in [3.8, 4) is 0 Å². The smallest absolute Gasteiger partial charge is 0.193 e. The standard InChI is InChI=1S/C6H7N3OS/c1-9-4-11-6(8-9)5-2-3-7-10-5/h2-3H,4H2,1H3. The first-order valence-corrected chi connectivity index (χ1v) is 4.18. The number of thioether (sulfide) groups is 1. The molecule has 0 unspecified atom stereocenters. The van der Waals surface area contributed by atoms with Gasteiger partial charge in [0.1, 0.15) is 0 Å². The SMILES string of the molecule is CN1CSC(c2ccno2)=N1. The highest BCUT2D eigenvalue weighted by Crippen LogP contribution is 2.20. The zero-order chi connectivity index (χ0) is 7.68. The molecule has 0 saturated carbocycles. The Morgan fingerprint density at radius 1 is 1.73 bits per heavy atom. The highest BCUT2D eigenvalue weighted by Gasteiger charge is 2.15. The quantitative estimate of drug-likeness (QED) is 0.628. The summed E-state index contributed by atoms with van der Waals surface area (Å²) >= 11 is 1.65. The zero-order valence-corrected chi connectivity index (χ0v) is 6.84. The molecule has 0 spiro atoms. The lowest BCUT2D eigenvalue weighted by molar-refractivity contribution is 0.407. The molecular weight excluding hydrogens is 162 g/mol. The second-order valence-electron chi connectivity index (χ2n) is 2.21. The van der Waals surface area contributed by atoms with Gasteiger partial charge in [0.25, 0.3) is 0 Å². The number of rotatable bonds is 1. The lowest BCUT2D eigenvalue weighted by Gasteiger charge is -1.99. The van der Waals surface area contributed by atoms with Crippen LogP contribution in [0.4, 0.5) is 0 Å². The van der Waals surface area contributed by atoms with Crippen molar-refractivity contribution in [1.29, 1.82) is 0 Å². The summed E-state index contributed by atoms with van der Waals surface area (Å²) in [6, 6.07) is 1.81. The third kappa shape index (κ3) is 1.23. The number of hydrogen-bond donors (Lipinski definition) is 0. The van der Waals surface area contributed by atoms with Crippen LogP contribution in [0.2, 0.25) is 0 Å². The number of hydrogen-bond acceptors (Lipinski definition) is 5. The molecule has 1 aliphatic rings. The fourth-order valence-corrected chi connectivity index (χ4v) is 1.63. The maximum atomic E-state index is 4.94. The Bertz CT molecular complexity index is 269. The highest BCUT2D eigenvalue weighted by molar-refractivity contribution is 8.14. The van der Waals surface area contributed by atoms with Crippen LogP contribution in [0.25, 0.3) is 0 Å².